The van der Waals surface area contributed by atoms with Gasteiger partial charge in [0.2, 0.25) is 0 Å². The molecule has 3 aromatic rings. The maximum absolute atomic E-state index is 13.6. The van der Waals surface area contributed by atoms with Gasteiger partial charge in [0.05, 0.1) is 11.9 Å². The van der Waals surface area contributed by atoms with Crippen molar-refractivity contribution in [3.05, 3.63) is 62.0 Å². The molecular weight excluding hydrogens is 302 g/mol. The van der Waals surface area contributed by atoms with Crippen LogP contribution >= 0.6 is 23.6 Å². The Balaban J connectivity index is 2.18. The number of nitrogens with zero attached hydrogens (tertiary/aromatic N) is 1. The van der Waals surface area contributed by atoms with Gasteiger partial charge < -0.3 is 4.98 Å². The van der Waals surface area contributed by atoms with Crippen LogP contribution < -0.4 is 5.56 Å². The van der Waals surface area contributed by atoms with E-state index in [1.807, 2.05) is 0 Å². The largest absolute Gasteiger partial charge is 0.323 e. The number of H-pyrrole nitrogens is 1. The van der Waals surface area contributed by atoms with E-state index in [-0.39, 0.29) is 22.4 Å². The lowest BCUT2D eigenvalue weighted by molar-refractivity contribution is 0.573. The standard InChI is InChI=1S/C13H8F2N2OS2/c14-8-1-2-10(15)7(5-8)6-17-12(18)9-3-4-20-11(9)16-13(17)19/h1-5H,6H2,(H,16,19). The Morgan fingerprint density at radius 3 is 2.90 bits per heavy atom. The summed E-state index contributed by atoms with van der Waals surface area (Å²) in [5.74, 6) is -1.13. The second-order valence-electron chi connectivity index (χ2n) is 4.22. The van der Waals surface area contributed by atoms with Gasteiger partial charge in [0.25, 0.3) is 5.56 Å². The Morgan fingerprint density at radius 2 is 2.10 bits per heavy atom. The number of aromatic nitrogens is 2. The SMILES string of the molecule is O=c1c2ccsc2[nH]c(=S)n1Cc1cc(F)ccc1F. The lowest BCUT2D eigenvalue weighted by atomic mass is 10.2. The maximum atomic E-state index is 13.6. The van der Waals surface area contributed by atoms with Crippen LogP contribution in [0.1, 0.15) is 5.56 Å². The van der Waals surface area contributed by atoms with Crippen molar-refractivity contribution in [2.24, 2.45) is 0 Å². The summed E-state index contributed by atoms with van der Waals surface area (Å²) in [6.07, 6.45) is 0. The molecule has 0 aliphatic carbocycles. The normalized spacial score (nSPS) is 11.1. The van der Waals surface area contributed by atoms with Crippen LogP contribution in [0.5, 0.6) is 0 Å². The highest BCUT2D eigenvalue weighted by atomic mass is 32.1. The van der Waals surface area contributed by atoms with Crippen LogP contribution in [0, 0.1) is 16.4 Å². The minimum atomic E-state index is -0.571. The fourth-order valence-corrected chi connectivity index (χ4v) is 3.05. The summed E-state index contributed by atoms with van der Waals surface area (Å²) in [6.45, 7) is -0.108. The molecule has 3 rings (SSSR count). The summed E-state index contributed by atoms with van der Waals surface area (Å²) >= 11 is 6.47. The van der Waals surface area contributed by atoms with E-state index in [1.54, 1.807) is 11.4 Å². The third-order valence-electron chi connectivity index (χ3n) is 2.94. The molecule has 0 saturated heterocycles. The minimum absolute atomic E-state index is 0.0844. The fourth-order valence-electron chi connectivity index (χ4n) is 1.96. The maximum Gasteiger partial charge on any atom is 0.263 e. The van der Waals surface area contributed by atoms with Crippen molar-refractivity contribution in [1.29, 1.82) is 0 Å². The molecule has 20 heavy (non-hydrogen) atoms. The summed E-state index contributed by atoms with van der Waals surface area (Å²) < 4.78 is 28.2. The fraction of sp³-hybridized carbons (Fsp3) is 0.0769. The van der Waals surface area contributed by atoms with Crippen LogP contribution in [-0.2, 0) is 6.54 Å². The van der Waals surface area contributed by atoms with E-state index < -0.39 is 11.6 Å². The smallest absolute Gasteiger partial charge is 0.263 e. The van der Waals surface area contributed by atoms with Gasteiger partial charge in [0, 0.05) is 5.56 Å². The first-order chi connectivity index (χ1) is 9.56. The lowest BCUT2D eigenvalue weighted by Crippen LogP contribution is -2.22. The highest BCUT2D eigenvalue weighted by Gasteiger charge is 2.10. The number of benzene rings is 1. The molecule has 3 nitrogen and oxygen atoms in total. The van der Waals surface area contributed by atoms with Gasteiger partial charge >= 0.3 is 0 Å². The molecule has 0 radical (unpaired) electrons. The van der Waals surface area contributed by atoms with Crippen molar-refractivity contribution in [1.82, 2.24) is 9.55 Å². The van der Waals surface area contributed by atoms with Crippen LogP contribution in [0.25, 0.3) is 10.2 Å². The van der Waals surface area contributed by atoms with Crippen molar-refractivity contribution in [2.75, 3.05) is 0 Å². The van der Waals surface area contributed by atoms with Crippen LogP contribution in [0.2, 0.25) is 0 Å². The summed E-state index contributed by atoms with van der Waals surface area (Å²) in [5, 5.41) is 2.25. The van der Waals surface area contributed by atoms with Crippen molar-refractivity contribution in [2.45, 2.75) is 6.54 Å². The molecule has 0 unspecified atom stereocenters. The molecule has 2 aromatic heterocycles. The molecule has 0 atom stereocenters. The van der Waals surface area contributed by atoms with Gasteiger partial charge in [-0.15, -0.1) is 11.3 Å². The predicted octanol–water partition coefficient (Wildman–Crippen LogP) is 3.45. The van der Waals surface area contributed by atoms with Crippen LogP contribution in [0.3, 0.4) is 0 Å². The van der Waals surface area contributed by atoms with Crippen molar-refractivity contribution >= 4 is 33.8 Å². The average molecular weight is 310 g/mol. The van der Waals surface area contributed by atoms with E-state index in [9.17, 15) is 13.6 Å². The molecule has 0 bridgehead atoms. The van der Waals surface area contributed by atoms with Crippen molar-refractivity contribution in [3.8, 4) is 0 Å². The van der Waals surface area contributed by atoms with Crippen molar-refractivity contribution < 1.29 is 8.78 Å². The average Bonchev–Trinajstić information content (AvgIpc) is 2.86. The third kappa shape index (κ3) is 2.19. The van der Waals surface area contributed by atoms with Gasteiger partial charge in [0.15, 0.2) is 4.77 Å². The van der Waals surface area contributed by atoms with Gasteiger partial charge in [-0.25, -0.2) is 8.78 Å². The van der Waals surface area contributed by atoms with E-state index in [0.29, 0.717) is 10.2 Å². The quantitative estimate of drug-likeness (QED) is 0.736. The second kappa shape index (κ2) is 4.92. The van der Waals surface area contributed by atoms with Crippen LogP contribution in [0.4, 0.5) is 8.78 Å². The Labute approximate surface area is 121 Å². The highest BCUT2D eigenvalue weighted by Crippen LogP contribution is 2.15. The molecule has 0 saturated carbocycles. The number of hydrogen-bond acceptors (Lipinski definition) is 3. The number of aromatic amines is 1. The topological polar surface area (TPSA) is 37.8 Å². The first-order valence-corrected chi connectivity index (χ1v) is 6.99. The monoisotopic (exact) mass is 310 g/mol. The molecule has 0 aliphatic heterocycles. The minimum Gasteiger partial charge on any atom is -0.323 e. The van der Waals surface area contributed by atoms with Gasteiger partial charge in [-0.05, 0) is 41.9 Å². The van der Waals surface area contributed by atoms with Gasteiger partial charge in [-0.2, -0.15) is 0 Å². The molecular formula is C13H8F2N2OS2. The zero-order valence-electron chi connectivity index (χ0n) is 10.0. The first-order valence-electron chi connectivity index (χ1n) is 5.70. The number of rotatable bonds is 2. The molecule has 0 aliphatic rings. The molecule has 102 valence electrons. The Hall–Kier alpha value is -1.86. The molecule has 2 heterocycles. The third-order valence-corrected chi connectivity index (χ3v) is 4.09. The van der Waals surface area contributed by atoms with Crippen molar-refractivity contribution in [3.63, 3.8) is 0 Å². The molecule has 7 heteroatoms. The zero-order chi connectivity index (χ0) is 14.3. The number of fused-ring (bicyclic) bond motifs is 1. The molecule has 1 N–H and O–H groups in total. The van der Waals surface area contributed by atoms with E-state index in [2.05, 4.69) is 4.98 Å². The molecule has 0 amide bonds. The van der Waals surface area contributed by atoms with Crippen LogP contribution in [-0.4, -0.2) is 9.55 Å². The summed E-state index contributed by atoms with van der Waals surface area (Å²) in [4.78, 5) is 15.9. The van der Waals surface area contributed by atoms with E-state index in [1.165, 1.54) is 15.9 Å². The summed E-state index contributed by atoms with van der Waals surface area (Å²) in [6, 6.07) is 4.80. The lowest BCUT2D eigenvalue weighted by Gasteiger charge is -2.07. The number of halogens is 2. The Kier molecular flexibility index (Phi) is 3.23. The van der Waals surface area contributed by atoms with Crippen LogP contribution in [0.15, 0.2) is 34.4 Å². The molecule has 0 fully saturated rings. The van der Waals surface area contributed by atoms with E-state index in [0.717, 1.165) is 18.2 Å². The highest BCUT2D eigenvalue weighted by molar-refractivity contribution is 7.71. The zero-order valence-corrected chi connectivity index (χ0v) is 11.7. The van der Waals surface area contributed by atoms with E-state index >= 15 is 0 Å². The Bertz CT molecular complexity index is 911. The second-order valence-corrected chi connectivity index (χ2v) is 5.52. The first kappa shape index (κ1) is 13.1. The van der Waals surface area contributed by atoms with E-state index in [4.69, 9.17) is 12.2 Å². The predicted molar refractivity (Wildman–Crippen MR) is 76.7 cm³/mol. The molecule has 0 spiro atoms. The molecule has 1 aromatic carbocycles. The summed E-state index contributed by atoms with van der Waals surface area (Å²) in [5.41, 5.74) is -0.227. The number of thiophene rings is 1. The Morgan fingerprint density at radius 1 is 1.30 bits per heavy atom. The summed E-state index contributed by atoms with van der Waals surface area (Å²) in [7, 11) is 0. The number of nitrogens with one attached hydrogen (secondary N) is 1. The van der Waals surface area contributed by atoms with Gasteiger partial charge in [-0.3, -0.25) is 9.36 Å². The number of hydrogen-bond donors (Lipinski definition) is 1. The van der Waals surface area contributed by atoms with Gasteiger partial charge in [0.1, 0.15) is 16.5 Å². The van der Waals surface area contributed by atoms with Gasteiger partial charge in [-0.1, -0.05) is 0 Å².